The molecule has 124 valence electrons. The van der Waals surface area contributed by atoms with Crippen molar-refractivity contribution < 1.29 is 14.4 Å². The molecule has 0 saturated carbocycles. The molecule has 1 amide bonds. The smallest absolute Gasteiger partial charge is 0.296 e. The minimum absolute atomic E-state index is 0.176. The summed E-state index contributed by atoms with van der Waals surface area (Å²) in [7, 11) is 2.87. The molecule has 0 bridgehead atoms. The Balaban J connectivity index is 1.99. The van der Waals surface area contributed by atoms with Crippen LogP contribution in [0.5, 0.6) is 0 Å². The highest BCUT2D eigenvalue weighted by Gasteiger charge is 2.22. The summed E-state index contributed by atoms with van der Waals surface area (Å²) in [6.07, 6.45) is 1.65. The second-order valence-electron chi connectivity index (χ2n) is 4.86. The van der Waals surface area contributed by atoms with Crippen LogP contribution in [0.2, 0.25) is 0 Å². The van der Waals surface area contributed by atoms with Crippen LogP contribution in [0, 0.1) is 0 Å². The molecular formula is C15H11Br2N3O3S. The molecule has 3 aromatic rings. The molecule has 0 aliphatic rings. The first-order chi connectivity index (χ1) is 11.4. The maximum atomic E-state index is 12.8. The van der Waals surface area contributed by atoms with Gasteiger partial charge in [-0.1, -0.05) is 15.9 Å². The number of fused-ring (bicyclic) bond motifs is 1. The molecule has 0 radical (unpaired) electrons. The molecule has 24 heavy (non-hydrogen) atoms. The molecule has 6 nitrogen and oxygen atoms in total. The standard InChI is InChI=1S/C15H11Br2N3O3S/c1-20(23-2)15(22)11-6-24-14(19-11)13(21)9-5-18-12-8(9)3-7(16)4-10(12)17/h3-6,18H,1-2H3. The van der Waals surface area contributed by atoms with Crippen molar-refractivity contribution in [1.82, 2.24) is 15.0 Å². The molecular weight excluding hydrogens is 462 g/mol. The Morgan fingerprint density at radius 3 is 2.79 bits per heavy atom. The van der Waals surface area contributed by atoms with Crippen LogP contribution in [0.1, 0.15) is 25.9 Å². The number of hydrogen-bond acceptors (Lipinski definition) is 5. The molecule has 1 aromatic carbocycles. The van der Waals surface area contributed by atoms with Crippen LogP contribution < -0.4 is 0 Å². The van der Waals surface area contributed by atoms with Gasteiger partial charge in [-0.2, -0.15) is 0 Å². The molecule has 0 unspecified atom stereocenters. The van der Waals surface area contributed by atoms with Gasteiger partial charge in [0.25, 0.3) is 5.91 Å². The van der Waals surface area contributed by atoms with Crippen molar-refractivity contribution in [2.75, 3.05) is 14.2 Å². The lowest BCUT2D eigenvalue weighted by molar-refractivity contribution is -0.0760. The van der Waals surface area contributed by atoms with Gasteiger partial charge in [-0.05, 0) is 28.1 Å². The summed E-state index contributed by atoms with van der Waals surface area (Å²) >= 11 is 8.01. The number of aromatic amines is 1. The van der Waals surface area contributed by atoms with Crippen molar-refractivity contribution in [3.05, 3.63) is 48.9 Å². The Morgan fingerprint density at radius 2 is 2.08 bits per heavy atom. The highest BCUT2D eigenvalue weighted by atomic mass is 79.9. The Morgan fingerprint density at radius 1 is 1.33 bits per heavy atom. The minimum atomic E-state index is -0.405. The number of H-pyrrole nitrogens is 1. The van der Waals surface area contributed by atoms with Crippen LogP contribution >= 0.6 is 43.2 Å². The van der Waals surface area contributed by atoms with Crippen molar-refractivity contribution >= 4 is 65.8 Å². The molecule has 0 spiro atoms. The van der Waals surface area contributed by atoms with Gasteiger partial charge in [0.05, 0.1) is 18.2 Å². The van der Waals surface area contributed by atoms with Gasteiger partial charge < -0.3 is 4.98 Å². The van der Waals surface area contributed by atoms with E-state index in [1.165, 1.54) is 14.2 Å². The number of nitrogens with one attached hydrogen (secondary N) is 1. The third-order valence-corrected chi connectivity index (χ3v) is 5.35. The van der Waals surface area contributed by atoms with Crippen LogP contribution in [-0.2, 0) is 4.84 Å². The lowest BCUT2D eigenvalue weighted by Gasteiger charge is -2.10. The quantitative estimate of drug-likeness (QED) is 0.459. The van der Waals surface area contributed by atoms with Crippen molar-refractivity contribution in [2.45, 2.75) is 0 Å². The van der Waals surface area contributed by atoms with Crippen LogP contribution in [-0.4, -0.2) is 40.9 Å². The highest BCUT2D eigenvalue weighted by Crippen LogP contribution is 2.31. The second kappa shape index (κ2) is 6.75. The fourth-order valence-electron chi connectivity index (χ4n) is 2.18. The zero-order valence-corrected chi connectivity index (χ0v) is 16.6. The number of nitrogens with zero attached hydrogens (tertiary/aromatic N) is 2. The van der Waals surface area contributed by atoms with Gasteiger partial charge in [-0.15, -0.1) is 11.3 Å². The average molecular weight is 473 g/mol. The Hall–Kier alpha value is -1.55. The van der Waals surface area contributed by atoms with Crippen LogP contribution in [0.25, 0.3) is 10.9 Å². The number of rotatable bonds is 4. The number of benzene rings is 1. The van der Waals surface area contributed by atoms with E-state index in [9.17, 15) is 9.59 Å². The first kappa shape index (κ1) is 17.3. The zero-order valence-electron chi connectivity index (χ0n) is 12.6. The molecule has 0 aliphatic heterocycles. The molecule has 0 aliphatic carbocycles. The fourth-order valence-corrected chi connectivity index (χ4v) is 4.26. The number of halogens is 2. The number of aromatic nitrogens is 2. The predicted octanol–water partition coefficient (Wildman–Crippen LogP) is 4.01. The second-order valence-corrected chi connectivity index (χ2v) is 7.49. The minimum Gasteiger partial charge on any atom is -0.360 e. The maximum absolute atomic E-state index is 12.8. The summed E-state index contributed by atoms with van der Waals surface area (Å²) in [5.74, 6) is -0.646. The van der Waals surface area contributed by atoms with Crippen LogP contribution in [0.4, 0.5) is 0 Å². The summed E-state index contributed by atoms with van der Waals surface area (Å²) in [6.45, 7) is 0. The summed E-state index contributed by atoms with van der Waals surface area (Å²) in [6, 6.07) is 3.76. The summed E-state index contributed by atoms with van der Waals surface area (Å²) in [4.78, 5) is 36.8. The molecule has 2 aromatic heterocycles. The zero-order chi connectivity index (χ0) is 17.4. The third kappa shape index (κ3) is 3.04. The number of hydroxylamine groups is 2. The Kier molecular flexibility index (Phi) is 4.86. The number of amides is 1. The Labute approximate surface area is 158 Å². The average Bonchev–Trinajstić information content (AvgIpc) is 3.19. The maximum Gasteiger partial charge on any atom is 0.296 e. The largest absolute Gasteiger partial charge is 0.360 e. The highest BCUT2D eigenvalue weighted by molar-refractivity contribution is 9.11. The van der Waals surface area contributed by atoms with Crippen LogP contribution in [0.15, 0.2) is 32.7 Å². The van der Waals surface area contributed by atoms with E-state index in [0.717, 1.165) is 36.2 Å². The summed E-state index contributed by atoms with van der Waals surface area (Å²) < 4.78 is 1.70. The van der Waals surface area contributed by atoms with Gasteiger partial charge in [0, 0.05) is 33.0 Å². The van der Waals surface area contributed by atoms with Gasteiger partial charge in [0.2, 0.25) is 5.78 Å². The van der Waals surface area contributed by atoms with Crippen molar-refractivity contribution in [1.29, 1.82) is 0 Å². The Bertz CT molecular complexity index is 951. The molecule has 3 rings (SSSR count). The number of carbonyl (C=O) groups excluding carboxylic acids is 2. The monoisotopic (exact) mass is 471 g/mol. The van der Waals surface area contributed by atoms with E-state index in [-0.39, 0.29) is 16.5 Å². The van der Waals surface area contributed by atoms with E-state index in [4.69, 9.17) is 4.84 Å². The van der Waals surface area contributed by atoms with Crippen molar-refractivity contribution in [3.8, 4) is 0 Å². The van der Waals surface area contributed by atoms with E-state index in [0.29, 0.717) is 5.56 Å². The molecule has 1 N–H and O–H groups in total. The van der Waals surface area contributed by atoms with Gasteiger partial charge in [-0.3, -0.25) is 14.4 Å². The van der Waals surface area contributed by atoms with E-state index in [1.54, 1.807) is 11.6 Å². The first-order valence-corrected chi connectivity index (χ1v) is 9.17. The molecule has 0 atom stereocenters. The first-order valence-electron chi connectivity index (χ1n) is 6.71. The van der Waals surface area contributed by atoms with Crippen molar-refractivity contribution in [2.24, 2.45) is 0 Å². The number of carbonyl (C=O) groups is 2. The lowest BCUT2D eigenvalue weighted by Crippen LogP contribution is -2.25. The van der Waals surface area contributed by atoms with E-state index in [1.807, 2.05) is 12.1 Å². The predicted molar refractivity (Wildman–Crippen MR) is 98.3 cm³/mol. The van der Waals surface area contributed by atoms with Gasteiger partial charge >= 0.3 is 0 Å². The van der Waals surface area contributed by atoms with E-state index < -0.39 is 5.91 Å². The summed E-state index contributed by atoms with van der Waals surface area (Å²) in [5, 5.41) is 3.63. The lowest BCUT2D eigenvalue weighted by atomic mass is 10.1. The van der Waals surface area contributed by atoms with Gasteiger partial charge in [-0.25, -0.2) is 10.0 Å². The molecule has 9 heteroatoms. The number of thiazole rings is 1. The molecule has 2 heterocycles. The van der Waals surface area contributed by atoms with Gasteiger partial charge in [0.15, 0.2) is 5.01 Å². The number of ketones is 1. The van der Waals surface area contributed by atoms with E-state index in [2.05, 4.69) is 41.8 Å². The van der Waals surface area contributed by atoms with Crippen LogP contribution in [0.3, 0.4) is 0 Å². The van der Waals surface area contributed by atoms with Gasteiger partial charge in [0.1, 0.15) is 5.69 Å². The number of hydrogen-bond donors (Lipinski definition) is 1. The van der Waals surface area contributed by atoms with E-state index >= 15 is 0 Å². The fraction of sp³-hybridized carbons (Fsp3) is 0.133. The molecule has 0 fully saturated rings. The third-order valence-electron chi connectivity index (χ3n) is 3.43. The summed E-state index contributed by atoms with van der Waals surface area (Å²) in [5.41, 5.74) is 1.50. The molecule has 0 saturated heterocycles. The SMILES string of the molecule is CON(C)C(=O)c1csc(C(=O)c2c[nH]c3c(Br)cc(Br)cc23)n1. The van der Waals surface area contributed by atoms with Crippen molar-refractivity contribution in [3.63, 3.8) is 0 Å². The topological polar surface area (TPSA) is 75.3 Å². The normalized spacial score (nSPS) is 11.0.